The van der Waals surface area contributed by atoms with E-state index in [0.29, 0.717) is 19.5 Å². The van der Waals surface area contributed by atoms with Crippen LogP contribution in [-0.4, -0.2) is 57.3 Å². The van der Waals surface area contributed by atoms with Gasteiger partial charge in [0.15, 0.2) is 0 Å². The highest BCUT2D eigenvalue weighted by atomic mass is 16.3. The molecular weight excluding hydrogens is 366 g/mol. The van der Waals surface area contributed by atoms with Crippen molar-refractivity contribution in [1.29, 1.82) is 0 Å². The Hall–Kier alpha value is -3.10. The maximum atomic E-state index is 10.2. The molecule has 3 N–H and O–H groups in total. The Labute approximate surface area is 170 Å². The Morgan fingerprint density at radius 2 is 2.03 bits per heavy atom. The van der Waals surface area contributed by atoms with Crippen LogP contribution in [0.3, 0.4) is 0 Å². The summed E-state index contributed by atoms with van der Waals surface area (Å²) in [6, 6.07) is 8.15. The average Bonchev–Trinajstić information content (AvgIpc) is 3.15. The monoisotopic (exact) mass is 391 g/mol. The van der Waals surface area contributed by atoms with Gasteiger partial charge in [-0.25, -0.2) is 9.97 Å². The molecule has 1 aliphatic rings. The number of rotatable bonds is 7. The summed E-state index contributed by atoms with van der Waals surface area (Å²) in [5.41, 5.74) is 3.21. The van der Waals surface area contributed by atoms with E-state index < -0.39 is 0 Å². The molecule has 2 atom stereocenters. The Bertz CT molecular complexity index is 937. The van der Waals surface area contributed by atoms with Gasteiger partial charge in [-0.3, -0.25) is 9.97 Å². The van der Waals surface area contributed by atoms with Gasteiger partial charge in [0.05, 0.1) is 6.10 Å². The summed E-state index contributed by atoms with van der Waals surface area (Å²) >= 11 is 0. The quantitative estimate of drug-likeness (QED) is 0.560. The lowest BCUT2D eigenvalue weighted by atomic mass is 10.1. The average molecular weight is 391 g/mol. The number of aromatic nitrogens is 4. The summed E-state index contributed by atoms with van der Waals surface area (Å²) in [7, 11) is 1.83. The van der Waals surface area contributed by atoms with Gasteiger partial charge in [0, 0.05) is 74.7 Å². The predicted molar refractivity (Wildman–Crippen MR) is 113 cm³/mol. The van der Waals surface area contributed by atoms with E-state index >= 15 is 0 Å². The van der Waals surface area contributed by atoms with E-state index in [1.807, 2.05) is 43.8 Å². The third-order valence-electron chi connectivity index (χ3n) is 5.09. The van der Waals surface area contributed by atoms with Crippen molar-refractivity contribution in [3.8, 4) is 11.1 Å². The number of β-amino-alcohol motifs (C(OH)–C–C–N with tert-alkyl or cyclic N) is 1. The first-order chi connectivity index (χ1) is 14.2. The summed E-state index contributed by atoms with van der Waals surface area (Å²) in [5.74, 6) is 1.59. The van der Waals surface area contributed by atoms with Crippen molar-refractivity contribution < 1.29 is 5.11 Å². The van der Waals surface area contributed by atoms with Gasteiger partial charge < -0.3 is 20.6 Å². The molecule has 0 aromatic carbocycles. The molecule has 1 fully saturated rings. The van der Waals surface area contributed by atoms with Crippen LogP contribution in [0.2, 0.25) is 0 Å². The molecule has 0 saturated carbocycles. The maximum absolute atomic E-state index is 10.2. The van der Waals surface area contributed by atoms with Crippen molar-refractivity contribution in [3.63, 3.8) is 0 Å². The van der Waals surface area contributed by atoms with Crippen LogP contribution >= 0.6 is 0 Å². The molecule has 0 spiro atoms. The molecule has 8 heteroatoms. The van der Waals surface area contributed by atoms with Crippen molar-refractivity contribution >= 4 is 11.6 Å². The molecule has 8 nitrogen and oxygen atoms in total. The number of aliphatic hydroxyl groups is 1. The van der Waals surface area contributed by atoms with Crippen LogP contribution in [0.15, 0.2) is 55.4 Å². The Balaban J connectivity index is 1.39. The van der Waals surface area contributed by atoms with Crippen molar-refractivity contribution in [2.24, 2.45) is 0 Å². The first-order valence-electron chi connectivity index (χ1n) is 9.72. The molecule has 4 heterocycles. The molecule has 3 aromatic heterocycles. The standard InChI is InChI=1S/C21H25N7O/c1-22-20-7-21(27-14-26-20)28-13-19(29)6-18(28)12-25-9-15-5-17(11-24-8-15)16-3-2-4-23-10-16/h2-5,7-8,10-11,14,18-19,25,29H,6,9,12-13H2,1H3,(H,22,26,27)/t18-,19-/m1/s1. The lowest BCUT2D eigenvalue weighted by Crippen LogP contribution is -2.38. The fraction of sp³-hybridized carbons (Fsp3) is 0.333. The second kappa shape index (κ2) is 8.93. The minimum atomic E-state index is -0.356. The summed E-state index contributed by atoms with van der Waals surface area (Å²) < 4.78 is 0. The second-order valence-electron chi connectivity index (χ2n) is 7.16. The van der Waals surface area contributed by atoms with E-state index in [4.69, 9.17) is 0 Å². The number of nitrogens with one attached hydrogen (secondary N) is 2. The summed E-state index contributed by atoms with van der Waals surface area (Å²) in [4.78, 5) is 19.2. The lowest BCUT2D eigenvalue weighted by Gasteiger charge is -2.26. The SMILES string of the molecule is CNc1cc(N2C[C@H](O)C[C@@H]2CNCc2cncc(-c3cccnc3)c2)ncn1. The zero-order valence-corrected chi connectivity index (χ0v) is 16.4. The highest BCUT2D eigenvalue weighted by Crippen LogP contribution is 2.25. The van der Waals surface area contributed by atoms with Gasteiger partial charge in [-0.15, -0.1) is 0 Å². The number of nitrogens with zero attached hydrogens (tertiary/aromatic N) is 5. The molecule has 0 bridgehead atoms. The van der Waals surface area contributed by atoms with Gasteiger partial charge in [0.1, 0.15) is 18.0 Å². The molecular formula is C21H25N7O. The minimum absolute atomic E-state index is 0.166. The van der Waals surface area contributed by atoms with Crippen LogP contribution < -0.4 is 15.5 Å². The summed E-state index contributed by atoms with van der Waals surface area (Å²) in [6.45, 7) is 2.02. The summed E-state index contributed by atoms with van der Waals surface area (Å²) in [6.07, 6.45) is 9.23. The maximum Gasteiger partial charge on any atom is 0.134 e. The zero-order valence-electron chi connectivity index (χ0n) is 16.4. The van der Waals surface area contributed by atoms with Gasteiger partial charge in [-0.2, -0.15) is 0 Å². The smallest absolute Gasteiger partial charge is 0.134 e. The normalized spacial score (nSPS) is 18.8. The van der Waals surface area contributed by atoms with E-state index in [1.54, 1.807) is 12.5 Å². The number of aliphatic hydroxyl groups excluding tert-OH is 1. The van der Waals surface area contributed by atoms with Crippen molar-refractivity contribution in [3.05, 3.63) is 60.9 Å². The minimum Gasteiger partial charge on any atom is -0.391 e. The number of pyridine rings is 2. The number of hydrogen-bond donors (Lipinski definition) is 3. The van der Waals surface area contributed by atoms with E-state index in [9.17, 15) is 5.11 Å². The molecule has 4 rings (SSSR count). The van der Waals surface area contributed by atoms with E-state index in [1.165, 1.54) is 0 Å². The van der Waals surface area contributed by atoms with E-state index in [2.05, 4.69) is 41.5 Å². The van der Waals surface area contributed by atoms with E-state index in [0.717, 1.165) is 34.9 Å². The molecule has 29 heavy (non-hydrogen) atoms. The third kappa shape index (κ3) is 4.67. The van der Waals surface area contributed by atoms with Crippen LogP contribution in [0.4, 0.5) is 11.6 Å². The van der Waals surface area contributed by atoms with Gasteiger partial charge in [0.2, 0.25) is 0 Å². The van der Waals surface area contributed by atoms with Gasteiger partial charge in [-0.1, -0.05) is 6.07 Å². The van der Waals surface area contributed by atoms with Crippen LogP contribution in [0, 0.1) is 0 Å². The number of hydrogen-bond acceptors (Lipinski definition) is 8. The van der Waals surface area contributed by atoms with Gasteiger partial charge >= 0.3 is 0 Å². The predicted octanol–water partition coefficient (Wildman–Crippen LogP) is 1.70. The van der Waals surface area contributed by atoms with Gasteiger partial charge in [-0.05, 0) is 24.1 Å². The molecule has 0 amide bonds. The topological polar surface area (TPSA) is 99.1 Å². The van der Waals surface area contributed by atoms with E-state index in [-0.39, 0.29) is 12.1 Å². The third-order valence-corrected chi connectivity index (χ3v) is 5.09. The molecule has 1 aliphatic heterocycles. The molecule has 0 radical (unpaired) electrons. The molecule has 1 saturated heterocycles. The van der Waals surface area contributed by atoms with Crippen LogP contribution in [0.5, 0.6) is 0 Å². The summed E-state index contributed by atoms with van der Waals surface area (Å²) in [5, 5.41) is 16.7. The highest BCUT2D eigenvalue weighted by Gasteiger charge is 2.31. The van der Waals surface area contributed by atoms with Crippen molar-refractivity contribution in [1.82, 2.24) is 25.3 Å². The largest absolute Gasteiger partial charge is 0.391 e. The molecule has 3 aromatic rings. The first kappa shape index (κ1) is 19.2. The Kier molecular flexibility index (Phi) is 5.92. The molecule has 0 aliphatic carbocycles. The van der Waals surface area contributed by atoms with Crippen LogP contribution in [0.1, 0.15) is 12.0 Å². The Morgan fingerprint density at radius 3 is 2.86 bits per heavy atom. The fourth-order valence-corrected chi connectivity index (χ4v) is 3.67. The van der Waals surface area contributed by atoms with Gasteiger partial charge in [0.25, 0.3) is 0 Å². The number of anilines is 2. The first-order valence-corrected chi connectivity index (χ1v) is 9.72. The molecule has 150 valence electrons. The Morgan fingerprint density at radius 1 is 1.14 bits per heavy atom. The highest BCUT2D eigenvalue weighted by molar-refractivity contribution is 5.61. The van der Waals surface area contributed by atoms with Crippen molar-refractivity contribution in [2.75, 3.05) is 30.4 Å². The molecule has 0 unspecified atom stereocenters. The lowest BCUT2D eigenvalue weighted by molar-refractivity contribution is 0.194. The zero-order chi connectivity index (χ0) is 20.1. The fourth-order valence-electron chi connectivity index (χ4n) is 3.67. The van der Waals surface area contributed by atoms with Crippen LogP contribution in [-0.2, 0) is 6.54 Å². The van der Waals surface area contributed by atoms with Crippen LogP contribution in [0.25, 0.3) is 11.1 Å². The second-order valence-corrected chi connectivity index (χ2v) is 7.16. The van der Waals surface area contributed by atoms with Crippen molar-refractivity contribution in [2.45, 2.75) is 25.1 Å².